The van der Waals surface area contributed by atoms with Gasteiger partial charge in [-0.2, -0.15) is 0 Å². The van der Waals surface area contributed by atoms with Gasteiger partial charge in [-0.25, -0.2) is 9.37 Å². The van der Waals surface area contributed by atoms with Crippen LogP contribution in [-0.2, 0) is 6.54 Å². The molecule has 0 aliphatic heterocycles. The van der Waals surface area contributed by atoms with E-state index in [1.165, 1.54) is 6.07 Å². The molecule has 3 aromatic rings. The summed E-state index contributed by atoms with van der Waals surface area (Å²) in [5.41, 5.74) is 3.37. The molecular formula is C23H27FN4O. The van der Waals surface area contributed by atoms with Crippen LogP contribution in [0.3, 0.4) is 0 Å². The molecule has 0 saturated heterocycles. The Bertz CT molecular complexity index is 1020. The minimum Gasteiger partial charge on any atom is -0.339 e. The molecule has 0 spiro atoms. The highest BCUT2D eigenvalue weighted by Gasteiger charge is 2.19. The largest absolute Gasteiger partial charge is 0.339 e. The molecule has 2 aromatic carbocycles. The summed E-state index contributed by atoms with van der Waals surface area (Å²) in [7, 11) is 1.78. The van der Waals surface area contributed by atoms with Gasteiger partial charge in [0.05, 0.1) is 11.8 Å². The number of halogens is 1. The summed E-state index contributed by atoms with van der Waals surface area (Å²) in [4.78, 5) is 18.6. The standard InChI is InChI=1S/C23H27FN4O/c1-15(2)20(25)12-16(3)27(4)23(29)18-10-8-17(9-11-18)13-28-14-26-22-19(24)6-5-7-21(22)28/h5-11,14-16,25H,12-13H2,1-4H3/t16-/m1/s1. The molecule has 1 heterocycles. The minimum atomic E-state index is -0.329. The molecule has 6 heteroatoms. The second-order valence-corrected chi connectivity index (χ2v) is 7.83. The summed E-state index contributed by atoms with van der Waals surface area (Å²) in [6, 6.07) is 12.3. The topological polar surface area (TPSA) is 62.0 Å². The molecule has 152 valence electrons. The molecule has 0 fully saturated rings. The molecule has 29 heavy (non-hydrogen) atoms. The molecule has 0 bridgehead atoms. The number of nitrogens with zero attached hydrogens (tertiary/aromatic N) is 3. The van der Waals surface area contributed by atoms with Crippen molar-refractivity contribution in [2.45, 2.75) is 39.8 Å². The maximum atomic E-state index is 13.8. The molecule has 1 amide bonds. The molecule has 0 saturated carbocycles. The lowest BCUT2D eigenvalue weighted by atomic mass is 10.0. The summed E-state index contributed by atoms with van der Waals surface area (Å²) >= 11 is 0. The third-order valence-electron chi connectivity index (χ3n) is 5.35. The second kappa shape index (κ2) is 8.55. The highest BCUT2D eigenvalue weighted by molar-refractivity contribution is 5.94. The zero-order chi connectivity index (χ0) is 21.1. The smallest absolute Gasteiger partial charge is 0.253 e. The highest BCUT2D eigenvalue weighted by Crippen LogP contribution is 2.18. The number of amides is 1. The number of rotatable bonds is 7. The number of imidazole rings is 1. The Hall–Kier alpha value is -3.02. The van der Waals surface area contributed by atoms with E-state index in [9.17, 15) is 9.18 Å². The lowest BCUT2D eigenvalue weighted by Gasteiger charge is -2.26. The number of nitrogens with one attached hydrogen (secondary N) is 1. The van der Waals surface area contributed by atoms with Crippen molar-refractivity contribution < 1.29 is 9.18 Å². The molecule has 1 atom stereocenters. The molecule has 3 rings (SSSR count). The maximum absolute atomic E-state index is 13.8. The first-order chi connectivity index (χ1) is 13.8. The lowest BCUT2D eigenvalue weighted by Crippen LogP contribution is -2.37. The van der Waals surface area contributed by atoms with E-state index in [1.54, 1.807) is 24.3 Å². The summed E-state index contributed by atoms with van der Waals surface area (Å²) in [5, 5.41) is 8.04. The summed E-state index contributed by atoms with van der Waals surface area (Å²) < 4.78 is 15.7. The normalized spacial score (nSPS) is 12.3. The van der Waals surface area contributed by atoms with Crippen LogP contribution in [0.2, 0.25) is 0 Å². The summed E-state index contributed by atoms with van der Waals surface area (Å²) in [5.74, 6) is -0.200. The van der Waals surface area contributed by atoms with Gasteiger partial charge in [0.25, 0.3) is 5.91 Å². The van der Waals surface area contributed by atoms with E-state index in [0.29, 0.717) is 29.8 Å². The summed E-state index contributed by atoms with van der Waals surface area (Å²) in [6.45, 7) is 6.50. The Balaban J connectivity index is 1.70. The summed E-state index contributed by atoms with van der Waals surface area (Å²) in [6.07, 6.45) is 2.20. The molecule has 1 N–H and O–H groups in total. The van der Waals surface area contributed by atoms with E-state index >= 15 is 0 Å². The van der Waals surface area contributed by atoms with E-state index < -0.39 is 0 Å². The number of carbonyl (C=O) groups excluding carboxylic acids is 1. The lowest BCUT2D eigenvalue weighted by molar-refractivity contribution is 0.0747. The number of fused-ring (bicyclic) bond motifs is 1. The number of carbonyl (C=O) groups is 1. The van der Waals surface area contributed by atoms with Crippen LogP contribution in [-0.4, -0.2) is 39.2 Å². The Kier molecular flexibility index (Phi) is 6.11. The van der Waals surface area contributed by atoms with Gasteiger partial charge in [0, 0.05) is 37.3 Å². The fourth-order valence-electron chi connectivity index (χ4n) is 3.22. The van der Waals surface area contributed by atoms with Crippen molar-refractivity contribution in [1.29, 1.82) is 5.41 Å². The first-order valence-corrected chi connectivity index (χ1v) is 9.80. The van der Waals surface area contributed by atoms with Crippen LogP contribution in [0.15, 0.2) is 48.8 Å². The predicted octanol–water partition coefficient (Wildman–Crippen LogP) is 4.75. The first-order valence-electron chi connectivity index (χ1n) is 9.80. The average Bonchev–Trinajstić information content (AvgIpc) is 3.11. The van der Waals surface area contributed by atoms with E-state index in [0.717, 1.165) is 11.1 Å². The number of hydrogen-bond acceptors (Lipinski definition) is 3. The SMILES string of the molecule is CC(C)C(=N)C[C@@H](C)N(C)C(=O)c1ccc(Cn2cnc3c(F)cccc32)cc1. The molecule has 1 aromatic heterocycles. The third kappa shape index (κ3) is 4.53. The van der Waals surface area contributed by atoms with Crippen LogP contribution < -0.4 is 0 Å². The molecule has 0 unspecified atom stereocenters. The van der Waals surface area contributed by atoms with Gasteiger partial charge in [-0.3, -0.25) is 4.79 Å². The predicted molar refractivity (Wildman–Crippen MR) is 114 cm³/mol. The minimum absolute atomic E-state index is 0.0377. The average molecular weight is 394 g/mol. The number of benzene rings is 2. The van der Waals surface area contributed by atoms with E-state index in [1.807, 2.05) is 55.7 Å². The van der Waals surface area contributed by atoms with Gasteiger partial charge >= 0.3 is 0 Å². The van der Waals surface area contributed by atoms with Crippen molar-refractivity contribution in [3.05, 3.63) is 65.7 Å². The number of para-hydroxylation sites is 1. The van der Waals surface area contributed by atoms with E-state index in [2.05, 4.69) is 4.98 Å². The van der Waals surface area contributed by atoms with Crippen LogP contribution in [0.25, 0.3) is 11.0 Å². The van der Waals surface area contributed by atoms with E-state index in [4.69, 9.17) is 5.41 Å². The zero-order valence-corrected chi connectivity index (χ0v) is 17.3. The number of aromatic nitrogens is 2. The van der Waals surface area contributed by atoms with Gasteiger partial charge in [0.1, 0.15) is 5.52 Å². The van der Waals surface area contributed by atoms with Crippen LogP contribution in [0.5, 0.6) is 0 Å². The maximum Gasteiger partial charge on any atom is 0.253 e. The van der Waals surface area contributed by atoms with Crippen LogP contribution in [0.4, 0.5) is 4.39 Å². The fourth-order valence-corrected chi connectivity index (χ4v) is 3.22. The Morgan fingerprint density at radius 1 is 1.17 bits per heavy atom. The van der Waals surface area contributed by atoms with Crippen molar-refractivity contribution in [2.24, 2.45) is 5.92 Å². The molecule has 0 aliphatic rings. The zero-order valence-electron chi connectivity index (χ0n) is 17.3. The van der Waals surface area contributed by atoms with Gasteiger partial charge in [-0.15, -0.1) is 0 Å². The highest BCUT2D eigenvalue weighted by atomic mass is 19.1. The van der Waals surface area contributed by atoms with Crippen molar-refractivity contribution in [1.82, 2.24) is 14.5 Å². The number of hydrogen-bond donors (Lipinski definition) is 1. The Morgan fingerprint density at radius 2 is 1.86 bits per heavy atom. The van der Waals surface area contributed by atoms with Gasteiger partial charge < -0.3 is 14.9 Å². The van der Waals surface area contributed by atoms with Gasteiger partial charge in [0.15, 0.2) is 5.82 Å². The quantitative estimate of drug-likeness (QED) is 0.588. The molecule has 0 aliphatic carbocycles. The van der Waals surface area contributed by atoms with Crippen molar-refractivity contribution in [3.63, 3.8) is 0 Å². The van der Waals surface area contributed by atoms with Gasteiger partial charge in [-0.05, 0) is 42.7 Å². The third-order valence-corrected chi connectivity index (χ3v) is 5.35. The monoisotopic (exact) mass is 394 g/mol. The van der Waals surface area contributed by atoms with E-state index in [-0.39, 0.29) is 23.7 Å². The fraction of sp³-hybridized carbons (Fsp3) is 0.348. The van der Waals surface area contributed by atoms with Crippen LogP contribution >= 0.6 is 0 Å². The van der Waals surface area contributed by atoms with Gasteiger partial charge in [0.2, 0.25) is 0 Å². The van der Waals surface area contributed by atoms with Crippen LogP contribution in [0.1, 0.15) is 43.1 Å². The Morgan fingerprint density at radius 3 is 2.52 bits per heavy atom. The molecule has 0 radical (unpaired) electrons. The van der Waals surface area contributed by atoms with Gasteiger partial charge in [-0.1, -0.05) is 32.0 Å². The van der Waals surface area contributed by atoms with Crippen molar-refractivity contribution in [2.75, 3.05) is 7.05 Å². The van der Waals surface area contributed by atoms with Crippen molar-refractivity contribution in [3.8, 4) is 0 Å². The molecule has 5 nitrogen and oxygen atoms in total. The van der Waals surface area contributed by atoms with Crippen molar-refractivity contribution >= 4 is 22.7 Å². The first kappa shape index (κ1) is 20.7. The van der Waals surface area contributed by atoms with Crippen LogP contribution in [0, 0.1) is 17.1 Å². The second-order valence-electron chi connectivity index (χ2n) is 7.83. The molecular weight excluding hydrogens is 367 g/mol. The Labute approximate surface area is 170 Å².